The number of halogens is 1. The summed E-state index contributed by atoms with van der Waals surface area (Å²) < 4.78 is 15.8. The predicted octanol–water partition coefficient (Wildman–Crippen LogP) is 4.59. The van der Waals surface area contributed by atoms with E-state index < -0.39 is 5.91 Å². The third kappa shape index (κ3) is 5.96. The van der Waals surface area contributed by atoms with E-state index in [9.17, 15) is 9.59 Å². The van der Waals surface area contributed by atoms with Gasteiger partial charge in [0, 0.05) is 11.6 Å². The number of amides is 2. The van der Waals surface area contributed by atoms with Crippen molar-refractivity contribution in [1.29, 1.82) is 0 Å². The predicted molar refractivity (Wildman–Crippen MR) is 128 cm³/mol. The van der Waals surface area contributed by atoms with Gasteiger partial charge < -0.3 is 24.8 Å². The van der Waals surface area contributed by atoms with Crippen molar-refractivity contribution in [3.63, 3.8) is 0 Å². The lowest BCUT2D eigenvalue weighted by Gasteiger charge is -2.13. The zero-order valence-corrected chi connectivity index (χ0v) is 19.4. The number of para-hydroxylation sites is 1. The molecule has 0 spiro atoms. The van der Waals surface area contributed by atoms with Gasteiger partial charge in [-0.15, -0.1) is 0 Å². The fourth-order valence-corrected chi connectivity index (χ4v) is 3.46. The molecule has 172 valence electrons. The van der Waals surface area contributed by atoms with Crippen LogP contribution in [0.25, 0.3) is 0 Å². The van der Waals surface area contributed by atoms with Gasteiger partial charge in [-0.05, 0) is 54.4 Å². The van der Waals surface area contributed by atoms with Crippen LogP contribution in [0.1, 0.15) is 26.3 Å². The van der Waals surface area contributed by atoms with Gasteiger partial charge in [-0.2, -0.15) is 0 Å². The molecule has 0 radical (unpaired) electrons. The van der Waals surface area contributed by atoms with Gasteiger partial charge in [-0.3, -0.25) is 9.59 Å². The van der Waals surface area contributed by atoms with E-state index in [0.717, 1.165) is 5.56 Å². The first-order valence-corrected chi connectivity index (χ1v) is 10.6. The Hall–Kier alpha value is -3.71. The first-order chi connectivity index (χ1) is 16.0. The van der Waals surface area contributed by atoms with Gasteiger partial charge in [0.25, 0.3) is 11.8 Å². The molecule has 0 saturated heterocycles. The van der Waals surface area contributed by atoms with Crippen molar-refractivity contribution in [3.05, 3.63) is 82.4 Å². The van der Waals surface area contributed by atoms with Gasteiger partial charge in [-0.25, -0.2) is 0 Å². The SMILES string of the molecule is COc1ccc(CCNC(=O)c2ccccc2NC(=O)c2cc(Cl)ccc2OC)cc1OC. The number of benzene rings is 3. The zero-order valence-electron chi connectivity index (χ0n) is 18.6. The molecule has 0 heterocycles. The van der Waals surface area contributed by atoms with E-state index in [1.807, 2.05) is 18.2 Å². The molecule has 3 aromatic carbocycles. The van der Waals surface area contributed by atoms with Gasteiger partial charge in [0.1, 0.15) is 5.75 Å². The smallest absolute Gasteiger partial charge is 0.259 e. The van der Waals surface area contributed by atoms with Crippen molar-refractivity contribution >= 4 is 29.1 Å². The molecule has 8 heteroatoms. The molecule has 0 saturated carbocycles. The minimum absolute atomic E-state index is 0.272. The standard InChI is InChI=1S/C25H25ClN2O5/c1-31-21-11-9-17(26)15-19(21)25(30)28-20-7-5-4-6-18(20)24(29)27-13-12-16-8-10-22(32-2)23(14-16)33-3/h4-11,14-15H,12-13H2,1-3H3,(H,27,29)(H,28,30). The maximum Gasteiger partial charge on any atom is 0.259 e. The molecule has 0 aliphatic rings. The lowest BCUT2D eigenvalue weighted by Crippen LogP contribution is -2.27. The molecule has 0 atom stereocenters. The monoisotopic (exact) mass is 468 g/mol. The topological polar surface area (TPSA) is 85.9 Å². The summed E-state index contributed by atoms with van der Waals surface area (Å²) in [6.45, 7) is 0.402. The van der Waals surface area contributed by atoms with E-state index in [1.165, 1.54) is 13.2 Å². The number of methoxy groups -OCH3 is 3. The fourth-order valence-electron chi connectivity index (χ4n) is 3.29. The maximum atomic E-state index is 12.8. The summed E-state index contributed by atoms with van der Waals surface area (Å²) in [6.07, 6.45) is 0.598. The van der Waals surface area contributed by atoms with Crippen LogP contribution in [0.5, 0.6) is 17.2 Å². The van der Waals surface area contributed by atoms with Gasteiger partial charge in [0.2, 0.25) is 0 Å². The van der Waals surface area contributed by atoms with Crippen LogP contribution >= 0.6 is 11.6 Å². The number of rotatable bonds is 9. The van der Waals surface area contributed by atoms with Crippen molar-refractivity contribution in [3.8, 4) is 17.2 Å². The summed E-state index contributed by atoms with van der Waals surface area (Å²) in [5.41, 5.74) is 1.99. The highest BCUT2D eigenvalue weighted by molar-refractivity contribution is 6.31. The highest BCUT2D eigenvalue weighted by Crippen LogP contribution is 2.28. The summed E-state index contributed by atoms with van der Waals surface area (Å²) in [5, 5.41) is 6.07. The van der Waals surface area contributed by atoms with E-state index in [-0.39, 0.29) is 11.5 Å². The summed E-state index contributed by atoms with van der Waals surface area (Å²) in [4.78, 5) is 25.7. The Bertz CT molecular complexity index is 1150. The van der Waals surface area contributed by atoms with Crippen LogP contribution in [0.3, 0.4) is 0 Å². The Morgan fingerprint density at radius 2 is 1.48 bits per heavy atom. The fraction of sp³-hybridized carbons (Fsp3) is 0.200. The quantitative estimate of drug-likeness (QED) is 0.479. The van der Waals surface area contributed by atoms with Crippen molar-refractivity contribution in [2.24, 2.45) is 0 Å². The Balaban J connectivity index is 1.68. The first-order valence-electron chi connectivity index (χ1n) is 10.2. The van der Waals surface area contributed by atoms with Gasteiger partial charge in [0.05, 0.1) is 38.1 Å². The number of hydrogen-bond donors (Lipinski definition) is 2. The minimum atomic E-state index is -0.431. The number of hydrogen-bond acceptors (Lipinski definition) is 5. The molecule has 0 aromatic heterocycles. The van der Waals surface area contributed by atoms with Crippen molar-refractivity contribution in [2.75, 3.05) is 33.2 Å². The van der Waals surface area contributed by atoms with Crippen LogP contribution in [0.15, 0.2) is 60.7 Å². The number of carbonyl (C=O) groups is 2. The highest BCUT2D eigenvalue weighted by Gasteiger charge is 2.17. The van der Waals surface area contributed by atoms with Gasteiger partial charge in [-0.1, -0.05) is 29.8 Å². The van der Waals surface area contributed by atoms with Crippen LogP contribution < -0.4 is 24.8 Å². The van der Waals surface area contributed by atoms with E-state index in [0.29, 0.717) is 46.5 Å². The normalized spacial score (nSPS) is 10.3. The van der Waals surface area contributed by atoms with E-state index >= 15 is 0 Å². The summed E-state index contributed by atoms with van der Waals surface area (Å²) in [7, 11) is 4.63. The molecular formula is C25H25ClN2O5. The molecular weight excluding hydrogens is 444 g/mol. The van der Waals surface area contributed by atoms with Crippen molar-refractivity contribution < 1.29 is 23.8 Å². The second kappa shape index (κ2) is 11.2. The average molecular weight is 469 g/mol. The van der Waals surface area contributed by atoms with E-state index in [4.69, 9.17) is 25.8 Å². The van der Waals surface area contributed by atoms with E-state index in [2.05, 4.69) is 10.6 Å². The van der Waals surface area contributed by atoms with Crippen molar-refractivity contribution in [1.82, 2.24) is 5.32 Å². The van der Waals surface area contributed by atoms with E-state index in [1.54, 1.807) is 50.6 Å². The highest BCUT2D eigenvalue weighted by atomic mass is 35.5. The molecule has 3 aromatic rings. The van der Waals surface area contributed by atoms with Gasteiger partial charge in [0.15, 0.2) is 11.5 Å². The summed E-state index contributed by atoms with van der Waals surface area (Å²) in [6, 6.07) is 17.2. The molecule has 0 unspecified atom stereocenters. The summed E-state index contributed by atoms with van der Waals surface area (Å²) >= 11 is 6.03. The third-order valence-electron chi connectivity index (χ3n) is 4.97. The van der Waals surface area contributed by atoms with Crippen LogP contribution in [0.2, 0.25) is 5.02 Å². The minimum Gasteiger partial charge on any atom is -0.496 e. The molecule has 3 rings (SSSR count). The molecule has 0 aliphatic heterocycles. The number of nitrogens with one attached hydrogen (secondary N) is 2. The number of ether oxygens (including phenoxy) is 3. The Labute approximate surface area is 197 Å². The van der Waals surface area contributed by atoms with Crippen molar-refractivity contribution in [2.45, 2.75) is 6.42 Å². The Morgan fingerprint density at radius 1 is 0.788 bits per heavy atom. The Kier molecular flexibility index (Phi) is 8.16. The zero-order chi connectivity index (χ0) is 23.8. The maximum absolute atomic E-state index is 12.8. The molecule has 0 bridgehead atoms. The summed E-state index contributed by atoms with van der Waals surface area (Å²) in [5.74, 6) is 0.926. The van der Waals surface area contributed by atoms with Crippen LogP contribution in [0.4, 0.5) is 5.69 Å². The first kappa shape index (κ1) is 23.9. The number of carbonyl (C=O) groups excluding carboxylic acids is 2. The molecule has 7 nitrogen and oxygen atoms in total. The van der Waals surface area contributed by atoms with Crippen LogP contribution in [-0.4, -0.2) is 39.7 Å². The molecule has 0 aliphatic carbocycles. The number of anilines is 1. The molecule has 2 amide bonds. The molecule has 33 heavy (non-hydrogen) atoms. The van der Waals surface area contributed by atoms with Crippen LogP contribution in [0, 0.1) is 0 Å². The second-order valence-electron chi connectivity index (χ2n) is 7.04. The van der Waals surface area contributed by atoms with Crippen LogP contribution in [-0.2, 0) is 6.42 Å². The Morgan fingerprint density at radius 3 is 2.21 bits per heavy atom. The lowest BCUT2D eigenvalue weighted by molar-refractivity contribution is 0.0955. The molecule has 2 N–H and O–H groups in total. The largest absolute Gasteiger partial charge is 0.496 e. The van der Waals surface area contributed by atoms with Gasteiger partial charge >= 0.3 is 0 Å². The average Bonchev–Trinajstić information content (AvgIpc) is 2.84. The molecule has 0 fully saturated rings. The lowest BCUT2D eigenvalue weighted by atomic mass is 10.1. The third-order valence-corrected chi connectivity index (χ3v) is 5.21. The second-order valence-corrected chi connectivity index (χ2v) is 7.48.